The number of benzene rings is 1. The first-order valence-electron chi connectivity index (χ1n) is 11.3. The molecule has 0 radical (unpaired) electrons. The van der Waals surface area contributed by atoms with E-state index in [2.05, 4.69) is 29.3 Å². The Morgan fingerprint density at radius 3 is 2.67 bits per heavy atom. The molecule has 6 heteroatoms. The molecular formula is C24H34N2O4. The number of likely N-dealkylation sites (tertiary alicyclic amines) is 1. The van der Waals surface area contributed by atoms with Crippen LogP contribution < -0.4 is 10.1 Å². The molecule has 1 aromatic rings. The first-order chi connectivity index (χ1) is 14.6. The molecule has 0 aromatic heterocycles. The molecule has 2 aliphatic heterocycles. The summed E-state index contributed by atoms with van der Waals surface area (Å²) in [5.41, 5.74) is 1.22. The molecule has 4 atom stereocenters. The summed E-state index contributed by atoms with van der Waals surface area (Å²) >= 11 is 0. The van der Waals surface area contributed by atoms with Crippen molar-refractivity contribution in [1.29, 1.82) is 0 Å². The molecular weight excluding hydrogens is 380 g/mol. The Morgan fingerprint density at radius 1 is 1.23 bits per heavy atom. The summed E-state index contributed by atoms with van der Waals surface area (Å²) < 4.78 is 10.6. The molecule has 4 rings (SSSR count). The predicted octanol–water partition coefficient (Wildman–Crippen LogP) is 2.65. The fourth-order valence-electron chi connectivity index (χ4n) is 5.59. The molecule has 0 unspecified atom stereocenters. The van der Waals surface area contributed by atoms with Crippen LogP contribution in [0.4, 0.5) is 0 Å². The SMILES string of the molecule is COc1ccc(CCN2C(=O)C[C@H]3[C@H](CNC(=O)C4CCOCC4)[C@@H](C)C[C@H]32)cc1. The monoisotopic (exact) mass is 414 g/mol. The summed E-state index contributed by atoms with van der Waals surface area (Å²) in [6.45, 7) is 5.09. The third kappa shape index (κ3) is 4.48. The van der Waals surface area contributed by atoms with Gasteiger partial charge in [-0.05, 0) is 61.1 Å². The van der Waals surface area contributed by atoms with Gasteiger partial charge in [0.1, 0.15) is 5.75 Å². The van der Waals surface area contributed by atoms with Crippen molar-refractivity contribution in [2.24, 2.45) is 23.7 Å². The minimum Gasteiger partial charge on any atom is -0.497 e. The van der Waals surface area contributed by atoms with Gasteiger partial charge in [-0.15, -0.1) is 0 Å². The second-order valence-corrected chi connectivity index (χ2v) is 9.13. The van der Waals surface area contributed by atoms with Gasteiger partial charge < -0.3 is 19.7 Å². The van der Waals surface area contributed by atoms with E-state index in [4.69, 9.17) is 9.47 Å². The first-order valence-corrected chi connectivity index (χ1v) is 11.3. The molecule has 2 saturated heterocycles. The second kappa shape index (κ2) is 9.38. The summed E-state index contributed by atoms with van der Waals surface area (Å²) in [5.74, 6) is 2.63. The Kier molecular flexibility index (Phi) is 6.61. The molecule has 164 valence electrons. The van der Waals surface area contributed by atoms with Crippen LogP contribution in [0, 0.1) is 23.7 Å². The van der Waals surface area contributed by atoms with Crippen LogP contribution in [0.1, 0.15) is 38.2 Å². The normalized spacial score (nSPS) is 29.1. The number of methoxy groups -OCH3 is 1. The molecule has 2 heterocycles. The van der Waals surface area contributed by atoms with Crippen molar-refractivity contribution in [2.45, 2.75) is 45.1 Å². The van der Waals surface area contributed by atoms with E-state index in [1.807, 2.05) is 12.1 Å². The summed E-state index contributed by atoms with van der Waals surface area (Å²) in [7, 11) is 1.67. The Labute approximate surface area is 179 Å². The van der Waals surface area contributed by atoms with E-state index in [9.17, 15) is 9.59 Å². The lowest BCUT2D eigenvalue weighted by Gasteiger charge is -2.25. The van der Waals surface area contributed by atoms with Crippen molar-refractivity contribution in [3.63, 3.8) is 0 Å². The third-order valence-electron chi connectivity index (χ3n) is 7.42. The van der Waals surface area contributed by atoms with E-state index in [-0.39, 0.29) is 17.7 Å². The van der Waals surface area contributed by atoms with Crippen molar-refractivity contribution in [3.05, 3.63) is 29.8 Å². The maximum Gasteiger partial charge on any atom is 0.223 e. The van der Waals surface area contributed by atoms with Crippen LogP contribution in [0.3, 0.4) is 0 Å². The van der Waals surface area contributed by atoms with Gasteiger partial charge in [0.2, 0.25) is 11.8 Å². The van der Waals surface area contributed by atoms with Gasteiger partial charge in [-0.3, -0.25) is 9.59 Å². The highest BCUT2D eigenvalue weighted by atomic mass is 16.5. The fraction of sp³-hybridized carbons (Fsp3) is 0.667. The van der Waals surface area contributed by atoms with Crippen molar-refractivity contribution >= 4 is 11.8 Å². The van der Waals surface area contributed by atoms with Crippen molar-refractivity contribution in [2.75, 3.05) is 33.4 Å². The minimum atomic E-state index is 0.0810. The van der Waals surface area contributed by atoms with Crippen molar-refractivity contribution in [3.8, 4) is 5.75 Å². The van der Waals surface area contributed by atoms with Crippen molar-refractivity contribution in [1.82, 2.24) is 10.2 Å². The number of rotatable bonds is 7. The van der Waals surface area contributed by atoms with E-state index in [1.54, 1.807) is 7.11 Å². The van der Waals surface area contributed by atoms with Gasteiger partial charge in [-0.1, -0.05) is 19.1 Å². The lowest BCUT2D eigenvalue weighted by molar-refractivity contribution is -0.129. The topological polar surface area (TPSA) is 67.9 Å². The highest BCUT2D eigenvalue weighted by molar-refractivity contribution is 5.80. The average molecular weight is 415 g/mol. The molecule has 6 nitrogen and oxygen atoms in total. The van der Waals surface area contributed by atoms with Gasteiger partial charge in [0.05, 0.1) is 7.11 Å². The molecule has 0 bridgehead atoms. The zero-order valence-corrected chi connectivity index (χ0v) is 18.1. The molecule has 1 aromatic carbocycles. The molecule has 1 aliphatic carbocycles. The number of fused-ring (bicyclic) bond motifs is 1. The van der Waals surface area contributed by atoms with Crippen LogP contribution in [-0.2, 0) is 20.7 Å². The van der Waals surface area contributed by atoms with Crippen LogP contribution in [-0.4, -0.2) is 56.2 Å². The zero-order chi connectivity index (χ0) is 21.1. The van der Waals surface area contributed by atoms with Crippen LogP contribution in [0.15, 0.2) is 24.3 Å². The number of carbonyl (C=O) groups is 2. The van der Waals surface area contributed by atoms with Crippen LogP contribution in [0.25, 0.3) is 0 Å². The largest absolute Gasteiger partial charge is 0.497 e. The Hall–Kier alpha value is -2.08. The number of nitrogens with zero attached hydrogens (tertiary/aromatic N) is 1. The van der Waals surface area contributed by atoms with Crippen LogP contribution in [0.2, 0.25) is 0 Å². The quantitative estimate of drug-likeness (QED) is 0.745. The Balaban J connectivity index is 1.31. The fourth-order valence-corrected chi connectivity index (χ4v) is 5.59. The molecule has 1 saturated carbocycles. The van der Waals surface area contributed by atoms with Gasteiger partial charge in [-0.25, -0.2) is 0 Å². The number of hydrogen-bond donors (Lipinski definition) is 1. The predicted molar refractivity (Wildman–Crippen MR) is 114 cm³/mol. The van der Waals surface area contributed by atoms with E-state index in [0.717, 1.165) is 38.0 Å². The minimum absolute atomic E-state index is 0.0810. The maximum atomic E-state index is 12.8. The lowest BCUT2D eigenvalue weighted by atomic mass is 9.88. The summed E-state index contributed by atoms with van der Waals surface area (Å²) in [4.78, 5) is 27.4. The molecule has 1 N–H and O–H groups in total. The lowest BCUT2D eigenvalue weighted by Crippen LogP contribution is -2.39. The number of ether oxygens (including phenoxy) is 2. The maximum absolute atomic E-state index is 12.8. The summed E-state index contributed by atoms with van der Waals surface area (Å²) in [6.07, 6.45) is 4.15. The molecule has 2 amide bonds. The number of nitrogens with one attached hydrogen (secondary N) is 1. The number of amides is 2. The molecule has 30 heavy (non-hydrogen) atoms. The number of hydrogen-bond acceptors (Lipinski definition) is 4. The van der Waals surface area contributed by atoms with E-state index < -0.39 is 0 Å². The van der Waals surface area contributed by atoms with E-state index in [0.29, 0.717) is 50.0 Å². The third-order valence-corrected chi connectivity index (χ3v) is 7.42. The van der Waals surface area contributed by atoms with Gasteiger partial charge in [-0.2, -0.15) is 0 Å². The summed E-state index contributed by atoms with van der Waals surface area (Å²) in [6, 6.07) is 8.40. The van der Waals surface area contributed by atoms with Gasteiger partial charge in [0.15, 0.2) is 0 Å². The van der Waals surface area contributed by atoms with E-state index >= 15 is 0 Å². The smallest absolute Gasteiger partial charge is 0.223 e. The van der Waals surface area contributed by atoms with Gasteiger partial charge in [0.25, 0.3) is 0 Å². The van der Waals surface area contributed by atoms with Crippen LogP contribution >= 0.6 is 0 Å². The van der Waals surface area contributed by atoms with Gasteiger partial charge >= 0.3 is 0 Å². The Morgan fingerprint density at radius 2 is 1.97 bits per heavy atom. The molecule has 0 spiro atoms. The number of carbonyl (C=O) groups excluding carboxylic acids is 2. The van der Waals surface area contributed by atoms with Crippen molar-refractivity contribution < 1.29 is 19.1 Å². The van der Waals surface area contributed by atoms with E-state index in [1.165, 1.54) is 5.56 Å². The zero-order valence-electron chi connectivity index (χ0n) is 18.1. The summed E-state index contributed by atoms with van der Waals surface area (Å²) in [5, 5.41) is 3.20. The Bertz CT molecular complexity index is 744. The standard InChI is InChI=1S/C24H34N2O4/c1-16-13-22-20(21(16)15-25-24(28)18-8-11-30-12-9-18)14-23(27)26(22)10-7-17-3-5-19(29-2)6-4-17/h3-6,16,18,20-22H,7-15H2,1-2H3,(H,25,28)/t16-,20-,21+,22+/m0/s1. The highest BCUT2D eigenvalue weighted by Crippen LogP contribution is 2.45. The first kappa shape index (κ1) is 21.2. The van der Waals surface area contributed by atoms with Crippen LogP contribution in [0.5, 0.6) is 5.75 Å². The van der Waals surface area contributed by atoms with Gasteiger partial charge in [0, 0.05) is 44.7 Å². The second-order valence-electron chi connectivity index (χ2n) is 9.13. The molecule has 3 aliphatic rings. The molecule has 3 fully saturated rings. The highest BCUT2D eigenvalue weighted by Gasteiger charge is 2.50. The average Bonchev–Trinajstić information content (AvgIpc) is 3.24.